The van der Waals surface area contributed by atoms with Gasteiger partial charge in [-0.05, 0) is 238 Å². The average Bonchev–Trinajstić information content (AvgIpc) is 1.51. The van der Waals surface area contributed by atoms with Gasteiger partial charge in [-0.15, -0.1) is 0 Å². The fraction of sp³-hybridized carbons (Fsp3) is 0.0556. The Morgan fingerprint density at radius 3 is 1.04 bits per heavy atom. The predicted octanol–water partition coefficient (Wildman–Crippen LogP) is 30.0. The first-order valence-corrected chi connectivity index (χ1v) is 38.0. The molecule has 0 bridgehead atoms. The molecule has 0 N–H and O–H groups in total. The van der Waals surface area contributed by atoms with Crippen molar-refractivity contribution in [3.63, 3.8) is 0 Å². The highest BCUT2D eigenvalue weighted by atomic mass is 14.4. The molecule has 2 aliphatic rings. The van der Waals surface area contributed by atoms with E-state index in [9.17, 15) is 0 Å². The van der Waals surface area contributed by atoms with Gasteiger partial charge in [0.05, 0.1) is 0 Å². The molecule has 0 heterocycles. The van der Waals surface area contributed by atoms with Crippen molar-refractivity contribution in [1.29, 1.82) is 0 Å². The maximum atomic E-state index is 2.44. The lowest BCUT2D eigenvalue weighted by Crippen LogP contribution is -2.16. The molecule has 0 fully saturated rings. The lowest BCUT2D eigenvalue weighted by atomic mass is 9.78. The normalized spacial score (nSPS) is 13.1. The number of rotatable bonds is 7. The minimum Gasteiger partial charge on any atom is -0.0622 e. The molecule has 20 aromatic rings. The number of fused-ring (bicyclic) bond motifs is 18. The highest BCUT2D eigenvalue weighted by Crippen LogP contribution is 2.58. The summed E-state index contributed by atoms with van der Waals surface area (Å²) in [6.45, 7) is 9.58. The molecule has 0 heteroatoms. The van der Waals surface area contributed by atoms with Gasteiger partial charge in [0.15, 0.2) is 0 Å². The third-order valence-electron chi connectivity index (χ3n) is 24.2. The summed E-state index contributed by atoms with van der Waals surface area (Å²) in [5.74, 6) is 0. The van der Waals surface area contributed by atoms with Crippen LogP contribution in [0.2, 0.25) is 0 Å². The summed E-state index contributed by atoms with van der Waals surface area (Å²) in [5.41, 5.74) is 28.6. The molecular formula is C108H74. The average molecular weight is 1370 g/mol. The number of hydrogen-bond acceptors (Lipinski definition) is 0. The van der Waals surface area contributed by atoms with Crippen molar-refractivity contribution in [2.75, 3.05) is 0 Å². The van der Waals surface area contributed by atoms with Crippen LogP contribution in [0.15, 0.2) is 376 Å². The molecule has 0 amide bonds. The van der Waals surface area contributed by atoms with E-state index in [0.29, 0.717) is 0 Å². The Morgan fingerprint density at radius 2 is 0.491 bits per heavy atom. The molecule has 0 atom stereocenters. The molecule has 506 valence electrons. The van der Waals surface area contributed by atoms with Crippen molar-refractivity contribution in [2.24, 2.45) is 0 Å². The van der Waals surface area contributed by atoms with Crippen molar-refractivity contribution in [1.82, 2.24) is 0 Å². The smallest absolute Gasteiger partial charge is 0.0165 e. The van der Waals surface area contributed by atoms with Crippen LogP contribution >= 0.6 is 0 Å². The summed E-state index contributed by atoms with van der Waals surface area (Å²) < 4.78 is 0. The summed E-state index contributed by atoms with van der Waals surface area (Å²) in [6, 6.07) is 140. The molecule has 0 aromatic heterocycles. The van der Waals surface area contributed by atoms with Crippen LogP contribution in [0.1, 0.15) is 49.9 Å². The molecule has 0 unspecified atom stereocenters. The van der Waals surface area contributed by atoms with E-state index in [2.05, 4.69) is 404 Å². The van der Waals surface area contributed by atoms with Crippen molar-refractivity contribution in [2.45, 2.75) is 38.5 Å². The van der Waals surface area contributed by atoms with E-state index in [0.717, 1.165) is 0 Å². The van der Waals surface area contributed by atoms with Gasteiger partial charge in [-0.3, -0.25) is 0 Å². The summed E-state index contributed by atoms with van der Waals surface area (Å²) >= 11 is 0. The Hall–Kier alpha value is -13.3. The molecule has 0 saturated carbocycles. The summed E-state index contributed by atoms with van der Waals surface area (Å²) in [7, 11) is 0. The van der Waals surface area contributed by atoms with E-state index in [1.807, 2.05) is 0 Å². The Morgan fingerprint density at radius 1 is 0.148 bits per heavy atom. The van der Waals surface area contributed by atoms with Crippen LogP contribution in [0.25, 0.3) is 197 Å². The van der Waals surface area contributed by atoms with Crippen molar-refractivity contribution in [3.8, 4) is 100 Å². The standard InChI is InChI=1S/C57H38.C51H36/c1-57(2)52-31-29-35-14-5-6-19-41(35)55(52)50-27-12-24-42(56(50)57)38-17-11-18-40(33-38)53-46-20-7-9-22-48(46)54(49-23-10-8-21-47(49)53)45-26-13-25-43-44(45)30-28-39-32-36-15-3-4-16-37(36)34-51(39)43;1-51(2)46-32-31-34-17-6-7-19-38(34)49(46)45-26-14-25-39(50(45)51)35-27-29-36(30-28-35)47-41-21-10-12-23-43(41)48(44-24-13-11-22-42(44)47)40-20-9-8-18-37(40)33-15-4-3-5-16-33/h3-34H,1-2H3;3-32H,1-2H3. The second-order valence-corrected chi connectivity index (χ2v) is 30.8. The Labute approximate surface area is 629 Å². The quantitative estimate of drug-likeness (QED) is 0.110. The molecule has 108 heavy (non-hydrogen) atoms. The van der Waals surface area contributed by atoms with Crippen LogP contribution in [0, 0.1) is 0 Å². The summed E-state index contributed by atoms with van der Waals surface area (Å²) in [4.78, 5) is 0. The molecule has 0 saturated heterocycles. The number of benzene rings is 20. The van der Waals surface area contributed by atoms with E-state index in [1.165, 1.54) is 219 Å². The van der Waals surface area contributed by atoms with E-state index in [1.54, 1.807) is 0 Å². The highest BCUT2D eigenvalue weighted by Gasteiger charge is 2.40. The third-order valence-corrected chi connectivity index (χ3v) is 24.2. The van der Waals surface area contributed by atoms with Gasteiger partial charge in [-0.2, -0.15) is 0 Å². The van der Waals surface area contributed by atoms with Crippen LogP contribution < -0.4 is 0 Å². The second kappa shape index (κ2) is 24.7. The van der Waals surface area contributed by atoms with E-state index in [4.69, 9.17) is 0 Å². The van der Waals surface area contributed by atoms with Gasteiger partial charge in [0.1, 0.15) is 0 Å². The van der Waals surface area contributed by atoms with Crippen LogP contribution in [0.3, 0.4) is 0 Å². The first-order chi connectivity index (χ1) is 53.1. The SMILES string of the molecule is CC1(C)c2ccc3ccccc3c2-c2cccc(-c3ccc(-c4c5ccccc5c(-c5ccccc5-c5ccccc5)c5ccccc45)cc3)c21.CC1(C)c2ccc3ccccc3c2-c2cccc(-c3cccc(-c4c5ccccc5c(-c5cccc6c5ccc5cc7ccccc7cc56)c5ccccc45)c3)c21. The Bertz CT molecular complexity index is 7030. The molecule has 0 spiro atoms. The zero-order chi connectivity index (χ0) is 71.9. The van der Waals surface area contributed by atoms with Crippen molar-refractivity contribution in [3.05, 3.63) is 398 Å². The largest absolute Gasteiger partial charge is 0.0622 e. The summed E-state index contributed by atoms with van der Waals surface area (Å²) in [5, 5.41) is 23.1. The lowest BCUT2D eigenvalue weighted by molar-refractivity contribution is 0.662. The molecular weight excluding hydrogens is 1300 g/mol. The van der Waals surface area contributed by atoms with Gasteiger partial charge in [-0.1, -0.05) is 386 Å². The Balaban J connectivity index is 0.000000139. The topological polar surface area (TPSA) is 0 Å². The van der Waals surface area contributed by atoms with Crippen LogP contribution in [-0.4, -0.2) is 0 Å². The van der Waals surface area contributed by atoms with Crippen LogP contribution in [0.5, 0.6) is 0 Å². The number of hydrogen-bond donors (Lipinski definition) is 0. The molecule has 2 aliphatic carbocycles. The van der Waals surface area contributed by atoms with Crippen LogP contribution in [-0.2, 0) is 10.8 Å². The van der Waals surface area contributed by atoms with Gasteiger partial charge < -0.3 is 0 Å². The molecule has 0 aliphatic heterocycles. The van der Waals surface area contributed by atoms with Gasteiger partial charge in [0, 0.05) is 10.8 Å². The third kappa shape index (κ3) is 9.69. The fourth-order valence-electron chi connectivity index (χ4n) is 19.5. The molecule has 22 rings (SSSR count). The molecule has 0 radical (unpaired) electrons. The Kier molecular flexibility index (Phi) is 14.5. The van der Waals surface area contributed by atoms with Crippen molar-refractivity contribution >= 4 is 97.0 Å². The van der Waals surface area contributed by atoms with E-state index < -0.39 is 0 Å². The maximum absolute atomic E-state index is 2.44. The zero-order valence-corrected chi connectivity index (χ0v) is 60.8. The van der Waals surface area contributed by atoms with E-state index in [-0.39, 0.29) is 10.8 Å². The predicted molar refractivity (Wildman–Crippen MR) is 464 cm³/mol. The van der Waals surface area contributed by atoms with Crippen molar-refractivity contribution < 1.29 is 0 Å². The van der Waals surface area contributed by atoms with Gasteiger partial charge in [-0.25, -0.2) is 0 Å². The monoisotopic (exact) mass is 1370 g/mol. The van der Waals surface area contributed by atoms with Gasteiger partial charge in [0.2, 0.25) is 0 Å². The molecule has 20 aromatic carbocycles. The van der Waals surface area contributed by atoms with E-state index >= 15 is 0 Å². The molecule has 0 nitrogen and oxygen atoms in total. The van der Waals surface area contributed by atoms with Crippen LogP contribution in [0.4, 0.5) is 0 Å². The van der Waals surface area contributed by atoms with Gasteiger partial charge >= 0.3 is 0 Å². The fourth-order valence-corrected chi connectivity index (χ4v) is 19.5. The highest BCUT2D eigenvalue weighted by molar-refractivity contribution is 6.26. The maximum Gasteiger partial charge on any atom is 0.0165 e. The minimum absolute atomic E-state index is 0.109. The first-order valence-electron chi connectivity index (χ1n) is 38.0. The second-order valence-electron chi connectivity index (χ2n) is 30.8. The zero-order valence-electron chi connectivity index (χ0n) is 60.8. The first kappa shape index (κ1) is 63.2. The van der Waals surface area contributed by atoms with Gasteiger partial charge in [0.25, 0.3) is 0 Å². The summed E-state index contributed by atoms with van der Waals surface area (Å²) in [6.07, 6.45) is 0. The lowest BCUT2D eigenvalue weighted by Gasteiger charge is -2.25. The minimum atomic E-state index is -0.140.